The number of imidazole rings is 1. The van der Waals surface area contributed by atoms with E-state index in [4.69, 9.17) is 10.7 Å². The van der Waals surface area contributed by atoms with Crippen molar-refractivity contribution in [3.63, 3.8) is 0 Å². The Balaban J connectivity index is 1.69. The number of carbonyl (C=O) groups is 1. The van der Waals surface area contributed by atoms with E-state index in [1.807, 2.05) is 34.7 Å². The zero-order valence-electron chi connectivity index (χ0n) is 15.9. The molecule has 144 valence electrons. The molecule has 0 amide bonds. The standard InChI is InChI=1S/C24H21N3O2/c25-24(13-4-14-24)19-10-7-16(8-11-19)21-22(17-5-2-1-3-6-17)27-15-18(23(28)29)9-12-20(27)26-21/h1-3,5-12,15H,4,13-14,25H2,(H,28,29). The minimum Gasteiger partial charge on any atom is -0.478 e. The molecule has 3 N–H and O–H groups in total. The Hall–Kier alpha value is -3.44. The van der Waals surface area contributed by atoms with E-state index in [0.29, 0.717) is 5.65 Å². The van der Waals surface area contributed by atoms with E-state index in [9.17, 15) is 9.90 Å². The molecule has 1 fully saturated rings. The molecule has 2 aromatic carbocycles. The van der Waals surface area contributed by atoms with Gasteiger partial charge in [0.25, 0.3) is 0 Å². The number of benzene rings is 2. The number of nitrogens with zero attached hydrogens (tertiary/aromatic N) is 2. The van der Waals surface area contributed by atoms with Crippen molar-refractivity contribution in [1.29, 1.82) is 0 Å². The summed E-state index contributed by atoms with van der Waals surface area (Å²) in [6.45, 7) is 0. The van der Waals surface area contributed by atoms with Crippen LogP contribution in [0.5, 0.6) is 0 Å². The van der Waals surface area contributed by atoms with Crippen molar-refractivity contribution >= 4 is 11.6 Å². The van der Waals surface area contributed by atoms with Crippen molar-refractivity contribution in [3.8, 4) is 22.5 Å². The first-order valence-corrected chi connectivity index (χ1v) is 9.76. The van der Waals surface area contributed by atoms with Gasteiger partial charge in [0.1, 0.15) is 5.65 Å². The van der Waals surface area contributed by atoms with Crippen LogP contribution in [-0.2, 0) is 5.54 Å². The van der Waals surface area contributed by atoms with E-state index in [1.54, 1.807) is 18.3 Å². The normalized spacial score (nSPS) is 15.2. The third kappa shape index (κ3) is 2.91. The molecule has 4 aromatic rings. The number of rotatable bonds is 4. The highest BCUT2D eigenvalue weighted by atomic mass is 16.4. The maximum Gasteiger partial charge on any atom is 0.337 e. The minimum absolute atomic E-state index is 0.198. The Morgan fingerprint density at radius 1 is 0.966 bits per heavy atom. The van der Waals surface area contributed by atoms with Crippen LogP contribution >= 0.6 is 0 Å². The minimum atomic E-state index is -0.959. The van der Waals surface area contributed by atoms with Gasteiger partial charge >= 0.3 is 5.97 Å². The summed E-state index contributed by atoms with van der Waals surface area (Å²) in [5.74, 6) is -0.959. The molecule has 29 heavy (non-hydrogen) atoms. The van der Waals surface area contributed by atoms with Gasteiger partial charge in [-0.25, -0.2) is 9.78 Å². The Morgan fingerprint density at radius 3 is 2.31 bits per heavy atom. The van der Waals surface area contributed by atoms with E-state index in [1.165, 1.54) is 6.42 Å². The molecule has 5 heteroatoms. The van der Waals surface area contributed by atoms with Gasteiger partial charge in [0, 0.05) is 22.9 Å². The van der Waals surface area contributed by atoms with Crippen molar-refractivity contribution < 1.29 is 9.90 Å². The third-order valence-electron chi connectivity index (χ3n) is 5.89. The first-order chi connectivity index (χ1) is 14.0. The van der Waals surface area contributed by atoms with Crippen molar-refractivity contribution in [3.05, 3.63) is 84.1 Å². The van der Waals surface area contributed by atoms with E-state index < -0.39 is 5.97 Å². The van der Waals surface area contributed by atoms with Crippen molar-refractivity contribution in [2.75, 3.05) is 0 Å². The molecule has 2 aromatic heterocycles. The topological polar surface area (TPSA) is 80.6 Å². The Morgan fingerprint density at radius 2 is 1.69 bits per heavy atom. The van der Waals surface area contributed by atoms with Gasteiger partial charge in [0.2, 0.25) is 0 Å². The maximum atomic E-state index is 11.5. The number of pyridine rings is 1. The number of carboxylic acid groups (broad SMARTS) is 1. The number of fused-ring (bicyclic) bond motifs is 1. The van der Waals surface area contributed by atoms with E-state index in [0.717, 1.165) is 40.9 Å². The van der Waals surface area contributed by atoms with Gasteiger partial charge in [0.05, 0.1) is 17.0 Å². The highest BCUT2D eigenvalue weighted by Crippen LogP contribution is 2.40. The van der Waals surface area contributed by atoms with Gasteiger partial charge in [-0.3, -0.25) is 4.40 Å². The number of aromatic carboxylic acids is 1. The van der Waals surface area contributed by atoms with Gasteiger partial charge in [-0.1, -0.05) is 54.6 Å². The predicted octanol–water partition coefficient (Wildman–Crippen LogP) is 4.70. The highest BCUT2D eigenvalue weighted by Gasteiger charge is 2.34. The van der Waals surface area contributed by atoms with Crippen LogP contribution in [-0.4, -0.2) is 20.5 Å². The molecule has 2 heterocycles. The summed E-state index contributed by atoms with van der Waals surface area (Å²) in [4.78, 5) is 16.3. The quantitative estimate of drug-likeness (QED) is 0.535. The van der Waals surface area contributed by atoms with Gasteiger partial charge < -0.3 is 10.8 Å². The summed E-state index contributed by atoms with van der Waals surface area (Å²) in [6.07, 6.45) is 4.85. The Kier molecular flexibility index (Phi) is 4.00. The molecule has 0 aliphatic heterocycles. The van der Waals surface area contributed by atoms with Crippen LogP contribution in [0.1, 0.15) is 35.2 Å². The van der Waals surface area contributed by atoms with Gasteiger partial charge in [-0.05, 0) is 37.0 Å². The second kappa shape index (κ2) is 6.57. The molecular formula is C24H21N3O2. The Bertz CT molecular complexity index is 1210. The molecule has 1 aliphatic rings. The number of nitrogens with two attached hydrogens (primary N) is 1. The molecule has 5 rings (SSSR count). The van der Waals surface area contributed by atoms with E-state index in [-0.39, 0.29) is 11.1 Å². The zero-order valence-corrected chi connectivity index (χ0v) is 15.9. The lowest BCUT2D eigenvalue weighted by molar-refractivity contribution is 0.0696. The van der Waals surface area contributed by atoms with Crippen molar-refractivity contribution in [1.82, 2.24) is 9.38 Å². The average molecular weight is 383 g/mol. The maximum absolute atomic E-state index is 11.5. The summed E-state index contributed by atoms with van der Waals surface area (Å²) in [5, 5.41) is 9.42. The van der Waals surface area contributed by atoms with Crippen molar-refractivity contribution in [2.24, 2.45) is 5.73 Å². The number of hydrogen-bond donors (Lipinski definition) is 2. The summed E-state index contributed by atoms with van der Waals surface area (Å²) in [7, 11) is 0. The molecule has 5 nitrogen and oxygen atoms in total. The molecule has 0 unspecified atom stereocenters. The van der Waals surface area contributed by atoms with Crippen molar-refractivity contribution in [2.45, 2.75) is 24.8 Å². The fraction of sp³-hybridized carbons (Fsp3) is 0.167. The third-order valence-corrected chi connectivity index (χ3v) is 5.89. The number of aromatic nitrogens is 2. The van der Waals surface area contributed by atoms with Crippen LogP contribution in [0.3, 0.4) is 0 Å². The summed E-state index contributed by atoms with van der Waals surface area (Å²) in [6, 6.07) is 21.6. The van der Waals surface area contributed by atoms with Gasteiger partial charge in [-0.2, -0.15) is 0 Å². The van der Waals surface area contributed by atoms with Crippen LogP contribution in [0.25, 0.3) is 28.2 Å². The highest BCUT2D eigenvalue weighted by molar-refractivity contribution is 5.89. The van der Waals surface area contributed by atoms with Crippen LogP contribution in [0, 0.1) is 0 Å². The van der Waals surface area contributed by atoms with E-state index >= 15 is 0 Å². The molecule has 0 atom stereocenters. The number of carboxylic acids is 1. The summed E-state index contributed by atoms with van der Waals surface area (Å²) < 4.78 is 1.86. The zero-order chi connectivity index (χ0) is 20.0. The lowest BCUT2D eigenvalue weighted by atomic mass is 9.72. The lowest BCUT2D eigenvalue weighted by Crippen LogP contribution is -2.43. The molecule has 0 bridgehead atoms. The molecule has 0 spiro atoms. The predicted molar refractivity (Wildman–Crippen MR) is 113 cm³/mol. The van der Waals surface area contributed by atoms with Gasteiger partial charge in [-0.15, -0.1) is 0 Å². The fourth-order valence-corrected chi connectivity index (χ4v) is 4.05. The molecular weight excluding hydrogens is 362 g/mol. The second-order valence-electron chi connectivity index (χ2n) is 7.71. The van der Waals surface area contributed by atoms with Crippen LogP contribution in [0.4, 0.5) is 0 Å². The first kappa shape index (κ1) is 17.6. The molecule has 1 saturated carbocycles. The molecule has 1 aliphatic carbocycles. The summed E-state index contributed by atoms with van der Waals surface area (Å²) in [5.41, 5.74) is 12.0. The smallest absolute Gasteiger partial charge is 0.337 e. The molecule has 0 saturated heterocycles. The largest absolute Gasteiger partial charge is 0.478 e. The van der Waals surface area contributed by atoms with Crippen LogP contribution in [0.2, 0.25) is 0 Å². The van der Waals surface area contributed by atoms with Gasteiger partial charge in [0.15, 0.2) is 0 Å². The average Bonchev–Trinajstić information content (AvgIpc) is 3.11. The lowest BCUT2D eigenvalue weighted by Gasteiger charge is -2.38. The second-order valence-corrected chi connectivity index (χ2v) is 7.71. The SMILES string of the molecule is NC1(c2ccc(-c3nc4ccc(C(=O)O)cn4c3-c3ccccc3)cc2)CCC1. The van der Waals surface area contributed by atoms with Crippen LogP contribution in [0.15, 0.2) is 72.9 Å². The Labute approximate surface area is 168 Å². The fourth-order valence-electron chi connectivity index (χ4n) is 4.05. The first-order valence-electron chi connectivity index (χ1n) is 9.76. The van der Waals surface area contributed by atoms with E-state index in [2.05, 4.69) is 24.3 Å². The molecule has 0 radical (unpaired) electrons. The van der Waals surface area contributed by atoms with Crippen LogP contribution < -0.4 is 5.73 Å². The summed E-state index contributed by atoms with van der Waals surface area (Å²) >= 11 is 0. The monoisotopic (exact) mass is 383 g/mol. The number of hydrogen-bond acceptors (Lipinski definition) is 3.